The average Bonchev–Trinajstić information content (AvgIpc) is 2.77. The monoisotopic (exact) mass is 192 g/mol. The molecule has 2 aliphatic heterocycles. The largest absolute Gasteiger partial charge is 0.472 e. The topological polar surface area (TPSA) is 28.4 Å². The molecule has 76 valence electrons. The Labute approximate surface area is 84.1 Å². The fourth-order valence-electron chi connectivity index (χ4n) is 2.70. The van der Waals surface area contributed by atoms with Crippen LogP contribution in [-0.4, -0.2) is 30.6 Å². The lowest BCUT2D eigenvalue weighted by Crippen LogP contribution is -2.40. The van der Waals surface area contributed by atoms with Crippen LogP contribution in [0, 0.1) is 5.92 Å². The van der Waals surface area contributed by atoms with Crippen molar-refractivity contribution in [1.29, 1.82) is 0 Å². The van der Waals surface area contributed by atoms with Crippen LogP contribution in [0.15, 0.2) is 23.0 Å². The van der Waals surface area contributed by atoms with E-state index in [9.17, 15) is 0 Å². The van der Waals surface area contributed by atoms with Gasteiger partial charge in [0.25, 0.3) is 0 Å². The number of fused-ring (bicyclic) bond motifs is 2. The molecule has 0 radical (unpaired) electrons. The van der Waals surface area contributed by atoms with Crippen LogP contribution >= 0.6 is 0 Å². The SMILES string of the molecule is c1cc(CN2C[C@H]3CN[C@@H](C3)C2)co1. The van der Waals surface area contributed by atoms with Gasteiger partial charge in [-0.25, -0.2) is 0 Å². The minimum absolute atomic E-state index is 0.737. The zero-order chi connectivity index (χ0) is 9.38. The maximum atomic E-state index is 5.08. The van der Waals surface area contributed by atoms with Gasteiger partial charge >= 0.3 is 0 Å². The van der Waals surface area contributed by atoms with E-state index in [-0.39, 0.29) is 0 Å². The van der Waals surface area contributed by atoms with Gasteiger partial charge in [0.05, 0.1) is 12.5 Å². The Balaban J connectivity index is 1.64. The van der Waals surface area contributed by atoms with Crippen LogP contribution in [0.4, 0.5) is 0 Å². The first-order valence-electron chi connectivity index (χ1n) is 5.37. The Kier molecular flexibility index (Phi) is 2.07. The number of hydrogen-bond donors (Lipinski definition) is 1. The Morgan fingerprint density at radius 2 is 2.50 bits per heavy atom. The molecule has 2 bridgehead atoms. The summed E-state index contributed by atoms with van der Waals surface area (Å²) in [5.41, 5.74) is 1.30. The van der Waals surface area contributed by atoms with Crippen molar-refractivity contribution < 1.29 is 4.42 Å². The molecule has 2 saturated heterocycles. The number of rotatable bonds is 2. The second kappa shape index (κ2) is 3.41. The molecule has 0 aliphatic carbocycles. The third-order valence-electron chi connectivity index (χ3n) is 3.29. The molecule has 0 spiro atoms. The molecular weight excluding hydrogens is 176 g/mol. The fraction of sp³-hybridized carbons (Fsp3) is 0.636. The van der Waals surface area contributed by atoms with Crippen molar-refractivity contribution in [3.63, 3.8) is 0 Å². The maximum Gasteiger partial charge on any atom is 0.0947 e. The van der Waals surface area contributed by atoms with Gasteiger partial charge in [-0.2, -0.15) is 0 Å². The molecule has 1 aromatic rings. The van der Waals surface area contributed by atoms with Crippen molar-refractivity contribution in [3.8, 4) is 0 Å². The highest BCUT2D eigenvalue weighted by Gasteiger charge is 2.32. The predicted octanol–water partition coefficient (Wildman–Crippen LogP) is 1.07. The summed E-state index contributed by atoms with van der Waals surface area (Å²) in [4.78, 5) is 2.53. The van der Waals surface area contributed by atoms with Crippen LogP contribution in [-0.2, 0) is 6.54 Å². The highest BCUT2D eigenvalue weighted by molar-refractivity contribution is 5.06. The molecule has 0 unspecified atom stereocenters. The number of nitrogens with zero attached hydrogens (tertiary/aromatic N) is 1. The third kappa shape index (κ3) is 1.57. The molecule has 3 nitrogen and oxygen atoms in total. The molecule has 2 aliphatic rings. The zero-order valence-corrected chi connectivity index (χ0v) is 8.28. The van der Waals surface area contributed by atoms with E-state index in [2.05, 4.69) is 16.3 Å². The third-order valence-corrected chi connectivity index (χ3v) is 3.29. The Bertz CT molecular complexity index is 284. The highest BCUT2D eigenvalue weighted by atomic mass is 16.3. The summed E-state index contributed by atoms with van der Waals surface area (Å²) < 4.78 is 5.08. The number of furan rings is 1. The number of likely N-dealkylation sites (tertiary alicyclic amines) is 1. The normalized spacial score (nSPS) is 32.3. The van der Waals surface area contributed by atoms with Gasteiger partial charge in [-0.15, -0.1) is 0 Å². The Morgan fingerprint density at radius 1 is 1.50 bits per heavy atom. The minimum Gasteiger partial charge on any atom is -0.472 e. The molecule has 1 N–H and O–H groups in total. The van der Waals surface area contributed by atoms with E-state index < -0.39 is 0 Å². The van der Waals surface area contributed by atoms with Crippen LogP contribution < -0.4 is 5.32 Å². The summed E-state index contributed by atoms with van der Waals surface area (Å²) in [5.74, 6) is 0.876. The molecule has 14 heavy (non-hydrogen) atoms. The first kappa shape index (κ1) is 8.50. The quantitative estimate of drug-likeness (QED) is 0.760. The molecule has 3 heterocycles. The van der Waals surface area contributed by atoms with E-state index in [1.165, 1.54) is 31.6 Å². The van der Waals surface area contributed by atoms with Crippen LogP contribution in [0.1, 0.15) is 12.0 Å². The Hall–Kier alpha value is -0.800. The molecule has 0 aromatic carbocycles. The zero-order valence-electron chi connectivity index (χ0n) is 8.28. The molecule has 3 rings (SSSR count). The smallest absolute Gasteiger partial charge is 0.0947 e. The second-order valence-corrected chi connectivity index (χ2v) is 4.53. The minimum atomic E-state index is 0.737. The van der Waals surface area contributed by atoms with Gasteiger partial charge in [0, 0.05) is 31.2 Å². The number of nitrogens with one attached hydrogen (secondary N) is 1. The van der Waals surface area contributed by atoms with Crippen LogP contribution in [0.2, 0.25) is 0 Å². The molecule has 2 fully saturated rings. The van der Waals surface area contributed by atoms with E-state index >= 15 is 0 Å². The lowest BCUT2D eigenvalue weighted by molar-refractivity contribution is 0.185. The molecule has 3 heteroatoms. The summed E-state index contributed by atoms with van der Waals surface area (Å²) in [6, 6.07) is 2.80. The molecule has 0 saturated carbocycles. The van der Waals surface area contributed by atoms with E-state index in [0.29, 0.717) is 0 Å². The second-order valence-electron chi connectivity index (χ2n) is 4.53. The average molecular weight is 192 g/mol. The van der Waals surface area contributed by atoms with Gasteiger partial charge in [0.15, 0.2) is 0 Å². The van der Waals surface area contributed by atoms with Crippen molar-refractivity contribution >= 4 is 0 Å². The predicted molar refractivity (Wildman–Crippen MR) is 53.9 cm³/mol. The summed E-state index contributed by atoms with van der Waals surface area (Å²) in [6.07, 6.45) is 4.98. The standard InChI is InChI=1S/C11H16N2O/c1-2-14-8-9(1)5-13-6-10-3-11(7-13)12-4-10/h1-2,8,10-12H,3-7H2/t10-,11+/m1/s1. The summed E-state index contributed by atoms with van der Waals surface area (Å²) in [6.45, 7) is 4.70. The molecule has 2 atom stereocenters. The summed E-state index contributed by atoms with van der Waals surface area (Å²) >= 11 is 0. The molecule has 1 aromatic heterocycles. The van der Waals surface area contributed by atoms with Gasteiger partial charge in [-0.3, -0.25) is 4.90 Å². The highest BCUT2D eigenvalue weighted by Crippen LogP contribution is 2.23. The first-order valence-corrected chi connectivity index (χ1v) is 5.37. The number of piperidine rings is 1. The van der Waals surface area contributed by atoms with Crippen molar-refractivity contribution in [2.75, 3.05) is 19.6 Å². The van der Waals surface area contributed by atoms with Crippen LogP contribution in [0.25, 0.3) is 0 Å². The van der Waals surface area contributed by atoms with Crippen LogP contribution in [0.5, 0.6) is 0 Å². The van der Waals surface area contributed by atoms with E-state index in [4.69, 9.17) is 4.42 Å². The van der Waals surface area contributed by atoms with Gasteiger partial charge in [0.1, 0.15) is 0 Å². The Morgan fingerprint density at radius 3 is 3.29 bits per heavy atom. The lowest BCUT2D eigenvalue weighted by atomic mass is 10.00. The number of hydrogen-bond acceptors (Lipinski definition) is 3. The van der Waals surface area contributed by atoms with Crippen molar-refractivity contribution in [2.24, 2.45) is 5.92 Å². The maximum absolute atomic E-state index is 5.08. The molecule has 0 amide bonds. The van der Waals surface area contributed by atoms with Gasteiger partial charge in [0.2, 0.25) is 0 Å². The van der Waals surface area contributed by atoms with E-state index in [1.807, 2.05) is 6.26 Å². The fourth-order valence-corrected chi connectivity index (χ4v) is 2.70. The van der Waals surface area contributed by atoms with Crippen molar-refractivity contribution in [1.82, 2.24) is 10.2 Å². The van der Waals surface area contributed by atoms with Gasteiger partial charge < -0.3 is 9.73 Å². The van der Waals surface area contributed by atoms with Gasteiger partial charge in [-0.05, 0) is 24.9 Å². The van der Waals surface area contributed by atoms with Crippen molar-refractivity contribution in [2.45, 2.75) is 19.0 Å². The van der Waals surface area contributed by atoms with Crippen molar-refractivity contribution in [3.05, 3.63) is 24.2 Å². The van der Waals surface area contributed by atoms with E-state index in [0.717, 1.165) is 18.5 Å². The lowest BCUT2D eigenvalue weighted by Gasteiger charge is -2.30. The summed E-state index contributed by atoms with van der Waals surface area (Å²) in [7, 11) is 0. The summed E-state index contributed by atoms with van der Waals surface area (Å²) in [5, 5.41) is 3.56. The van der Waals surface area contributed by atoms with E-state index in [1.54, 1.807) is 6.26 Å². The molecular formula is C11H16N2O. The van der Waals surface area contributed by atoms with Crippen LogP contribution in [0.3, 0.4) is 0 Å². The first-order chi connectivity index (χ1) is 6.90. The van der Waals surface area contributed by atoms with Gasteiger partial charge in [-0.1, -0.05) is 0 Å².